The van der Waals surface area contributed by atoms with Gasteiger partial charge in [0.2, 0.25) is 11.9 Å². The van der Waals surface area contributed by atoms with Crippen LogP contribution in [-0.4, -0.2) is 33.3 Å². The molecule has 0 aliphatic carbocycles. The van der Waals surface area contributed by atoms with Gasteiger partial charge in [-0.1, -0.05) is 6.07 Å². The normalized spacial score (nSPS) is 11.8. The zero-order chi connectivity index (χ0) is 21.8. The first-order valence-electron chi connectivity index (χ1n) is 9.56. The Balaban J connectivity index is 1.67. The van der Waals surface area contributed by atoms with E-state index in [2.05, 4.69) is 25.6 Å². The van der Waals surface area contributed by atoms with E-state index >= 15 is 0 Å². The molecule has 0 aliphatic heterocycles. The predicted molar refractivity (Wildman–Crippen MR) is 116 cm³/mol. The average molecular weight is 435 g/mol. The molecule has 1 unspecified atom stereocenters. The minimum atomic E-state index is -0.944. The van der Waals surface area contributed by atoms with Gasteiger partial charge < -0.3 is 10.6 Å². The molecule has 1 atom stereocenters. The summed E-state index contributed by atoms with van der Waals surface area (Å²) in [6.07, 6.45) is 4.47. The largest absolute Gasteiger partial charge is 0.354 e. The molecule has 0 fully saturated rings. The molecule has 7 nitrogen and oxygen atoms in total. The Kier molecular flexibility index (Phi) is 5.94. The molecule has 0 bridgehead atoms. The van der Waals surface area contributed by atoms with Crippen molar-refractivity contribution >= 4 is 33.4 Å². The lowest BCUT2D eigenvalue weighted by molar-refractivity contribution is -0.123. The third-order valence-corrected chi connectivity index (χ3v) is 5.61. The Morgan fingerprint density at radius 3 is 2.68 bits per heavy atom. The average Bonchev–Trinajstić information content (AvgIpc) is 3.21. The number of halogens is 1. The first-order chi connectivity index (χ1) is 15.0. The Hall–Kier alpha value is -3.72. The van der Waals surface area contributed by atoms with Crippen molar-refractivity contribution in [2.45, 2.75) is 13.0 Å². The van der Waals surface area contributed by atoms with Gasteiger partial charge in [0.25, 0.3) is 5.91 Å². The molecule has 4 aromatic rings. The summed E-state index contributed by atoms with van der Waals surface area (Å²) in [6.45, 7) is 2.23. The fraction of sp³-hybridized carbons (Fsp3) is 0.136. The monoisotopic (exact) mass is 435 g/mol. The summed E-state index contributed by atoms with van der Waals surface area (Å²) in [6, 6.07) is 10.9. The molecule has 1 aromatic carbocycles. The van der Waals surface area contributed by atoms with Crippen LogP contribution in [0.4, 0.5) is 4.39 Å². The Labute approximate surface area is 181 Å². The van der Waals surface area contributed by atoms with Crippen molar-refractivity contribution in [1.29, 1.82) is 0 Å². The number of benzene rings is 1. The number of fused-ring (bicyclic) bond motifs is 1. The third-order valence-electron chi connectivity index (χ3n) is 4.53. The quantitative estimate of drug-likeness (QED) is 0.452. The van der Waals surface area contributed by atoms with Gasteiger partial charge in [0.1, 0.15) is 5.01 Å². The molecule has 0 radical (unpaired) electrons. The highest BCUT2D eigenvalue weighted by molar-refractivity contribution is 7.18. The van der Waals surface area contributed by atoms with Crippen molar-refractivity contribution in [3.63, 3.8) is 0 Å². The summed E-state index contributed by atoms with van der Waals surface area (Å²) >= 11 is 1.31. The van der Waals surface area contributed by atoms with Crippen molar-refractivity contribution in [2.24, 2.45) is 0 Å². The third kappa shape index (κ3) is 4.56. The zero-order valence-corrected chi connectivity index (χ0v) is 17.3. The van der Waals surface area contributed by atoms with Crippen molar-refractivity contribution in [1.82, 2.24) is 25.6 Å². The highest BCUT2D eigenvalue weighted by Crippen LogP contribution is 2.31. The smallest absolute Gasteiger partial charge is 0.253 e. The number of hydrogen-bond donors (Lipinski definition) is 2. The molecule has 9 heteroatoms. The van der Waals surface area contributed by atoms with Crippen LogP contribution in [0.2, 0.25) is 0 Å². The molecule has 3 aromatic heterocycles. The van der Waals surface area contributed by atoms with E-state index in [0.717, 1.165) is 15.8 Å². The number of nitrogens with one attached hydrogen (secondary N) is 2. The number of carbonyl (C=O) groups is 2. The number of hydrogen-bond acceptors (Lipinski definition) is 6. The van der Waals surface area contributed by atoms with Crippen LogP contribution in [0.25, 0.3) is 21.3 Å². The summed E-state index contributed by atoms with van der Waals surface area (Å²) < 4.78 is 14.0. The summed E-state index contributed by atoms with van der Waals surface area (Å²) in [5.74, 6) is -1.30. The maximum absolute atomic E-state index is 13.1. The first kappa shape index (κ1) is 20.5. The van der Waals surface area contributed by atoms with Gasteiger partial charge in [0.05, 0.1) is 15.8 Å². The van der Waals surface area contributed by atoms with Gasteiger partial charge in [0.15, 0.2) is 6.04 Å². The standard InChI is InChI=1S/C22H18FN5O2S/c1-2-25-21(30)19(28-20(29)15-4-3-9-24-11-15)22-27-16-7-5-13(10-17(16)31-22)14-6-8-18(23)26-12-14/h3-12,19H,2H2,1H3,(H,25,30)(H,28,29). The maximum atomic E-state index is 13.1. The lowest BCUT2D eigenvalue weighted by Gasteiger charge is -2.15. The van der Waals surface area contributed by atoms with Crippen LogP contribution in [0.15, 0.2) is 61.1 Å². The highest BCUT2D eigenvalue weighted by atomic mass is 32.1. The van der Waals surface area contributed by atoms with Gasteiger partial charge in [0, 0.05) is 30.7 Å². The van der Waals surface area contributed by atoms with Crippen LogP contribution in [-0.2, 0) is 4.79 Å². The highest BCUT2D eigenvalue weighted by Gasteiger charge is 2.26. The molecule has 0 aliphatic rings. The summed E-state index contributed by atoms with van der Waals surface area (Å²) in [4.78, 5) is 37.5. The Bertz CT molecular complexity index is 1230. The van der Waals surface area contributed by atoms with Gasteiger partial charge in [-0.2, -0.15) is 4.39 Å². The number of carbonyl (C=O) groups excluding carboxylic acids is 2. The second kappa shape index (κ2) is 8.97. The topological polar surface area (TPSA) is 96.9 Å². The van der Waals surface area contributed by atoms with Gasteiger partial charge in [-0.3, -0.25) is 14.6 Å². The predicted octanol–water partition coefficient (Wildman–Crippen LogP) is 3.50. The molecule has 156 valence electrons. The number of thiazole rings is 1. The molecule has 3 heterocycles. The minimum absolute atomic E-state index is 0.346. The van der Waals surface area contributed by atoms with Crippen LogP contribution >= 0.6 is 11.3 Å². The van der Waals surface area contributed by atoms with Crippen molar-refractivity contribution in [3.05, 3.63) is 77.6 Å². The maximum Gasteiger partial charge on any atom is 0.253 e. The number of pyridine rings is 2. The molecule has 2 N–H and O–H groups in total. The summed E-state index contributed by atoms with van der Waals surface area (Å²) in [7, 11) is 0. The minimum Gasteiger partial charge on any atom is -0.354 e. The van der Waals surface area contributed by atoms with E-state index in [-0.39, 0.29) is 5.91 Å². The molecular weight excluding hydrogens is 417 g/mol. The van der Waals surface area contributed by atoms with Crippen LogP contribution in [0, 0.1) is 5.95 Å². The van der Waals surface area contributed by atoms with Gasteiger partial charge in [-0.25, -0.2) is 9.97 Å². The molecule has 4 rings (SSSR count). The second-order valence-electron chi connectivity index (χ2n) is 6.65. The molecule has 0 saturated heterocycles. The lowest BCUT2D eigenvalue weighted by atomic mass is 10.1. The van der Waals surface area contributed by atoms with E-state index < -0.39 is 17.9 Å². The second-order valence-corrected chi connectivity index (χ2v) is 7.71. The van der Waals surface area contributed by atoms with Gasteiger partial charge in [-0.05, 0) is 48.9 Å². The zero-order valence-electron chi connectivity index (χ0n) is 16.5. The Morgan fingerprint density at radius 1 is 1.13 bits per heavy atom. The molecular formula is C22H18FN5O2S. The van der Waals surface area contributed by atoms with Crippen molar-refractivity contribution in [3.8, 4) is 11.1 Å². The van der Waals surface area contributed by atoms with Crippen LogP contribution in [0.5, 0.6) is 0 Å². The Morgan fingerprint density at radius 2 is 1.97 bits per heavy atom. The van der Waals surface area contributed by atoms with Crippen molar-refractivity contribution in [2.75, 3.05) is 6.54 Å². The number of likely N-dealkylation sites (N-methyl/N-ethyl adjacent to an activating group) is 1. The fourth-order valence-electron chi connectivity index (χ4n) is 3.02. The van der Waals surface area contributed by atoms with E-state index in [0.29, 0.717) is 22.6 Å². The number of aromatic nitrogens is 3. The number of nitrogens with zero attached hydrogens (tertiary/aromatic N) is 3. The van der Waals surface area contributed by atoms with E-state index in [9.17, 15) is 14.0 Å². The van der Waals surface area contributed by atoms with E-state index in [4.69, 9.17) is 0 Å². The van der Waals surface area contributed by atoms with E-state index in [1.807, 2.05) is 18.2 Å². The van der Waals surface area contributed by atoms with Crippen LogP contribution in [0.1, 0.15) is 28.3 Å². The van der Waals surface area contributed by atoms with E-state index in [1.54, 1.807) is 31.3 Å². The number of amides is 2. The van der Waals surface area contributed by atoms with Crippen LogP contribution < -0.4 is 10.6 Å². The molecule has 2 amide bonds. The molecule has 31 heavy (non-hydrogen) atoms. The lowest BCUT2D eigenvalue weighted by Crippen LogP contribution is -2.40. The molecule has 0 spiro atoms. The number of rotatable bonds is 6. The summed E-state index contributed by atoms with van der Waals surface area (Å²) in [5, 5.41) is 5.96. The van der Waals surface area contributed by atoms with Crippen LogP contribution in [0.3, 0.4) is 0 Å². The fourth-order valence-corrected chi connectivity index (χ4v) is 4.08. The molecule has 0 saturated carbocycles. The van der Waals surface area contributed by atoms with E-state index in [1.165, 1.54) is 29.8 Å². The van der Waals surface area contributed by atoms with Crippen molar-refractivity contribution < 1.29 is 14.0 Å². The SMILES string of the molecule is CCNC(=O)C(NC(=O)c1cccnc1)c1nc2ccc(-c3ccc(F)nc3)cc2s1. The summed E-state index contributed by atoms with van der Waals surface area (Å²) in [5.41, 5.74) is 2.67. The van der Waals surface area contributed by atoms with Gasteiger partial charge in [-0.15, -0.1) is 11.3 Å². The first-order valence-corrected chi connectivity index (χ1v) is 10.4. The van der Waals surface area contributed by atoms with Gasteiger partial charge >= 0.3 is 0 Å².